The number of halogens is 1. The summed E-state index contributed by atoms with van der Waals surface area (Å²) in [6.45, 7) is 0. The van der Waals surface area contributed by atoms with Gasteiger partial charge in [0.15, 0.2) is 10.2 Å². The van der Waals surface area contributed by atoms with E-state index < -0.39 is 0 Å². The van der Waals surface area contributed by atoms with Crippen LogP contribution in [0.15, 0.2) is 99.5 Å². The SMILES string of the molecule is Oc1ccc(Cl)cc1N1C(=S)N[C@@H](c2ccccn2)[C@H]1c1ccc(Sc2ccccc2)o1. The number of anilines is 1. The number of benzene rings is 2. The highest BCUT2D eigenvalue weighted by Gasteiger charge is 2.43. The number of phenols is 1. The van der Waals surface area contributed by atoms with Crippen LogP contribution in [0.5, 0.6) is 5.75 Å². The largest absolute Gasteiger partial charge is 0.506 e. The molecule has 1 fully saturated rings. The molecule has 0 spiro atoms. The van der Waals surface area contributed by atoms with E-state index in [0.29, 0.717) is 21.6 Å². The molecule has 0 unspecified atom stereocenters. The second-order valence-corrected chi connectivity index (χ2v) is 9.10. The van der Waals surface area contributed by atoms with Crippen LogP contribution in [0.3, 0.4) is 0 Å². The van der Waals surface area contributed by atoms with E-state index in [4.69, 9.17) is 28.2 Å². The fourth-order valence-corrected chi connectivity index (χ4v) is 5.05. The van der Waals surface area contributed by atoms with E-state index in [9.17, 15) is 5.11 Å². The molecule has 4 aromatic rings. The van der Waals surface area contributed by atoms with E-state index in [1.807, 2.05) is 65.6 Å². The molecule has 1 aliphatic heterocycles. The topological polar surface area (TPSA) is 61.5 Å². The smallest absolute Gasteiger partial charge is 0.174 e. The summed E-state index contributed by atoms with van der Waals surface area (Å²) in [5.74, 6) is 0.779. The fraction of sp³-hybridized carbons (Fsp3) is 0.0833. The Morgan fingerprint density at radius 1 is 1.03 bits per heavy atom. The number of nitrogens with zero attached hydrogens (tertiary/aromatic N) is 2. The summed E-state index contributed by atoms with van der Waals surface area (Å²) in [6.07, 6.45) is 1.75. The van der Waals surface area contributed by atoms with Gasteiger partial charge in [-0.2, -0.15) is 0 Å². The van der Waals surface area contributed by atoms with Crippen LogP contribution in [0, 0.1) is 0 Å². The molecule has 2 atom stereocenters. The molecule has 160 valence electrons. The minimum absolute atomic E-state index is 0.0793. The number of thiocarbonyl (C=S) groups is 1. The maximum atomic E-state index is 10.6. The number of furan rings is 1. The summed E-state index contributed by atoms with van der Waals surface area (Å²) in [6, 6.07) is 23.9. The molecule has 5 rings (SSSR count). The van der Waals surface area contributed by atoms with Gasteiger partial charge in [-0.25, -0.2) is 0 Å². The number of phenolic OH excluding ortho intramolecular Hbond substituents is 1. The first-order valence-corrected chi connectivity index (χ1v) is 11.5. The number of aromatic nitrogens is 1. The van der Waals surface area contributed by atoms with Crippen LogP contribution in [0.1, 0.15) is 23.5 Å². The van der Waals surface area contributed by atoms with Crippen molar-refractivity contribution in [1.82, 2.24) is 10.3 Å². The highest BCUT2D eigenvalue weighted by Crippen LogP contribution is 2.46. The first kappa shape index (κ1) is 20.9. The zero-order chi connectivity index (χ0) is 22.1. The Morgan fingerprint density at radius 3 is 2.62 bits per heavy atom. The summed E-state index contributed by atoms with van der Waals surface area (Å²) in [5, 5.41) is 15.7. The van der Waals surface area contributed by atoms with E-state index in [1.165, 1.54) is 0 Å². The molecule has 0 saturated carbocycles. The van der Waals surface area contributed by atoms with Gasteiger partial charge in [-0.15, -0.1) is 0 Å². The molecule has 0 radical (unpaired) electrons. The van der Waals surface area contributed by atoms with E-state index in [0.717, 1.165) is 15.7 Å². The Labute approximate surface area is 200 Å². The van der Waals surface area contributed by atoms with Gasteiger partial charge in [0.25, 0.3) is 0 Å². The fourth-order valence-electron chi connectivity index (χ4n) is 3.75. The Kier molecular flexibility index (Phi) is 5.78. The normalized spacial score (nSPS) is 18.0. The van der Waals surface area contributed by atoms with Crippen LogP contribution < -0.4 is 10.2 Å². The van der Waals surface area contributed by atoms with Crippen molar-refractivity contribution >= 4 is 46.4 Å². The standard InChI is InChI=1S/C24H18ClN3O2S2/c25-15-9-10-19(29)18(14-15)28-23(22(27-24(28)31)17-8-4-5-13-26-17)20-11-12-21(30-20)32-16-6-2-1-3-7-16/h1-14,22-23,29H,(H,27,31)/t22-,23+/m0/s1. The van der Waals surface area contributed by atoms with Crippen molar-refractivity contribution in [1.29, 1.82) is 0 Å². The van der Waals surface area contributed by atoms with E-state index >= 15 is 0 Å². The quantitative estimate of drug-likeness (QED) is 0.323. The number of pyridine rings is 1. The molecule has 3 heterocycles. The minimum Gasteiger partial charge on any atom is -0.506 e. The van der Waals surface area contributed by atoms with E-state index in [1.54, 1.807) is 36.2 Å². The summed E-state index contributed by atoms with van der Waals surface area (Å²) < 4.78 is 6.27. The highest BCUT2D eigenvalue weighted by atomic mass is 35.5. The van der Waals surface area contributed by atoms with Gasteiger partial charge in [0.2, 0.25) is 0 Å². The van der Waals surface area contributed by atoms with Crippen LogP contribution >= 0.6 is 35.6 Å². The summed E-state index contributed by atoms with van der Waals surface area (Å²) in [5.41, 5.74) is 1.32. The Balaban J connectivity index is 1.57. The van der Waals surface area contributed by atoms with E-state index in [-0.39, 0.29) is 17.8 Å². The minimum atomic E-state index is -0.369. The number of hydrogen-bond acceptors (Lipinski definition) is 5. The van der Waals surface area contributed by atoms with Gasteiger partial charge < -0.3 is 19.7 Å². The lowest BCUT2D eigenvalue weighted by Crippen LogP contribution is -2.29. The lowest BCUT2D eigenvalue weighted by molar-refractivity contribution is 0.382. The molecule has 32 heavy (non-hydrogen) atoms. The molecule has 2 aromatic carbocycles. The van der Waals surface area contributed by atoms with Crippen LogP contribution in [0.2, 0.25) is 5.02 Å². The molecule has 8 heteroatoms. The first-order chi connectivity index (χ1) is 15.6. The van der Waals surface area contributed by atoms with Crippen LogP contribution in [-0.4, -0.2) is 15.2 Å². The number of hydrogen-bond donors (Lipinski definition) is 2. The summed E-state index contributed by atoms with van der Waals surface area (Å²) in [4.78, 5) is 7.45. The van der Waals surface area contributed by atoms with Crippen molar-refractivity contribution in [3.63, 3.8) is 0 Å². The Hall–Kier alpha value is -3.00. The molecule has 0 aliphatic carbocycles. The summed E-state index contributed by atoms with van der Waals surface area (Å²) >= 11 is 13.5. The lowest BCUT2D eigenvalue weighted by Gasteiger charge is -2.26. The van der Waals surface area contributed by atoms with Crippen LogP contribution in [0.4, 0.5) is 5.69 Å². The van der Waals surface area contributed by atoms with Crippen LogP contribution in [0.25, 0.3) is 0 Å². The van der Waals surface area contributed by atoms with Crippen molar-refractivity contribution in [2.24, 2.45) is 0 Å². The monoisotopic (exact) mass is 479 g/mol. The zero-order valence-corrected chi connectivity index (χ0v) is 19.1. The van der Waals surface area contributed by atoms with Crippen molar-refractivity contribution in [2.75, 3.05) is 4.90 Å². The zero-order valence-electron chi connectivity index (χ0n) is 16.7. The maximum absolute atomic E-state index is 10.6. The molecule has 1 aliphatic rings. The van der Waals surface area contributed by atoms with Gasteiger partial charge in [-0.1, -0.05) is 47.6 Å². The molecule has 0 amide bonds. The Morgan fingerprint density at radius 2 is 1.84 bits per heavy atom. The van der Waals surface area contributed by atoms with Gasteiger partial charge in [-0.05, 0) is 66.8 Å². The molecule has 0 bridgehead atoms. The second kappa shape index (κ2) is 8.86. The third-order valence-electron chi connectivity index (χ3n) is 5.15. The van der Waals surface area contributed by atoms with E-state index in [2.05, 4.69) is 10.3 Å². The average Bonchev–Trinajstić information content (AvgIpc) is 3.40. The number of aromatic hydroxyl groups is 1. The predicted octanol–water partition coefficient (Wildman–Crippen LogP) is 6.36. The molecular formula is C24H18ClN3O2S2. The Bertz CT molecular complexity index is 1250. The van der Waals surface area contributed by atoms with Gasteiger partial charge in [-0.3, -0.25) is 4.98 Å². The van der Waals surface area contributed by atoms with Gasteiger partial charge in [0.05, 0.1) is 17.4 Å². The maximum Gasteiger partial charge on any atom is 0.174 e. The molecule has 2 N–H and O–H groups in total. The molecule has 1 saturated heterocycles. The second-order valence-electron chi connectivity index (χ2n) is 7.20. The van der Waals surface area contributed by atoms with Gasteiger partial charge in [0.1, 0.15) is 17.6 Å². The van der Waals surface area contributed by atoms with Crippen LogP contribution in [-0.2, 0) is 0 Å². The lowest BCUT2D eigenvalue weighted by atomic mass is 10.0. The summed E-state index contributed by atoms with van der Waals surface area (Å²) in [7, 11) is 0. The van der Waals surface area contributed by atoms with Crippen molar-refractivity contribution < 1.29 is 9.52 Å². The highest BCUT2D eigenvalue weighted by molar-refractivity contribution is 7.99. The number of rotatable bonds is 5. The molecule has 2 aromatic heterocycles. The first-order valence-electron chi connectivity index (χ1n) is 9.92. The van der Waals surface area contributed by atoms with Crippen molar-refractivity contribution in [3.8, 4) is 5.75 Å². The van der Waals surface area contributed by atoms with Crippen molar-refractivity contribution in [3.05, 3.63) is 102 Å². The predicted molar refractivity (Wildman–Crippen MR) is 130 cm³/mol. The molecular weight excluding hydrogens is 462 g/mol. The van der Waals surface area contributed by atoms with Gasteiger partial charge in [0, 0.05) is 16.1 Å². The van der Waals surface area contributed by atoms with Crippen molar-refractivity contribution in [2.45, 2.75) is 22.1 Å². The molecule has 5 nitrogen and oxygen atoms in total. The average molecular weight is 480 g/mol. The third-order valence-corrected chi connectivity index (χ3v) is 6.63. The van der Waals surface area contributed by atoms with Gasteiger partial charge >= 0.3 is 0 Å². The third kappa shape index (κ3) is 4.07. The number of nitrogens with one attached hydrogen (secondary N) is 1.